The number of sulfone groups is 3. The quantitative estimate of drug-likeness (QED) is 0.547. The summed E-state index contributed by atoms with van der Waals surface area (Å²) in [6, 6.07) is 5.16. The minimum atomic E-state index is -3.35. The molecule has 0 atom stereocenters. The summed E-state index contributed by atoms with van der Waals surface area (Å²) in [6.07, 6.45) is 2.37. The van der Waals surface area contributed by atoms with Gasteiger partial charge in [-0.15, -0.1) is 0 Å². The molecule has 0 aliphatic carbocycles. The van der Waals surface area contributed by atoms with Gasteiger partial charge in [-0.05, 0) is 0 Å². The van der Waals surface area contributed by atoms with E-state index in [2.05, 4.69) is 0 Å². The summed E-state index contributed by atoms with van der Waals surface area (Å²) in [5, 5.41) is 31.9. The first-order chi connectivity index (χ1) is 11.2. The fourth-order valence-corrected chi connectivity index (χ4v) is 2.18. The van der Waals surface area contributed by atoms with E-state index < -0.39 is 35.5 Å². The van der Waals surface area contributed by atoms with Gasteiger partial charge in [-0.3, -0.25) is 0 Å². The van der Waals surface area contributed by atoms with Gasteiger partial charge in [0.25, 0.3) is 0 Å². The van der Waals surface area contributed by atoms with E-state index >= 15 is 0 Å². The predicted octanol–water partition coefficient (Wildman–Crippen LogP) is -0.846. The molecular weight excluding hydrogens is 394 g/mol. The zero-order chi connectivity index (χ0) is 20.6. The monoisotopic (exact) mass is 415 g/mol. The summed E-state index contributed by atoms with van der Waals surface area (Å²) in [5.74, 6) is -1.17. The van der Waals surface area contributed by atoms with Gasteiger partial charge in [-0.25, -0.2) is 25.3 Å². The molecule has 10 nitrogen and oxygen atoms in total. The van der Waals surface area contributed by atoms with Gasteiger partial charge in [-0.1, -0.05) is 0 Å². The maximum atomic E-state index is 10.4. The highest BCUT2D eigenvalue weighted by molar-refractivity contribution is 7.91. The Bertz CT molecular complexity index is 749. The van der Waals surface area contributed by atoms with Gasteiger partial charge in [0.05, 0.1) is 35.5 Å². The number of aliphatic hydroxyl groups excluding tert-OH is 1. The number of aliphatic hydroxyl groups is 1. The predicted molar refractivity (Wildman–Crippen MR) is 91.0 cm³/mol. The first-order valence-electron chi connectivity index (χ1n) is 6.52. The molecule has 0 heterocycles. The average molecular weight is 416 g/mol. The molecule has 25 heavy (non-hydrogen) atoms. The number of nitrogens with zero attached hydrogens (tertiary/aromatic N) is 3. The Labute approximate surface area is 149 Å². The molecule has 1 N–H and O–H groups in total. The van der Waals surface area contributed by atoms with Gasteiger partial charge in [0.2, 0.25) is 0 Å². The summed E-state index contributed by atoms with van der Waals surface area (Å²) < 4.78 is 61.7. The van der Waals surface area contributed by atoms with Crippen LogP contribution in [0.3, 0.4) is 0 Å². The van der Waals surface area contributed by atoms with E-state index in [9.17, 15) is 25.3 Å². The topological polar surface area (TPSA) is 194 Å². The van der Waals surface area contributed by atoms with Crippen LogP contribution in [0.15, 0.2) is 0 Å². The molecule has 0 saturated carbocycles. The summed E-state index contributed by atoms with van der Waals surface area (Å²) in [6.45, 7) is 0. The van der Waals surface area contributed by atoms with Crippen LogP contribution in [0.5, 0.6) is 0 Å². The van der Waals surface area contributed by atoms with Crippen molar-refractivity contribution in [3.8, 4) is 18.2 Å². The van der Waals surface area contributed by atoms with E-state index in [0.29, 0.717) is 0 Å². The van der Waals surface area contributed by atoms with Crippen LogP contribution in [0.2, 0.25) is 0 Å². The smallest absolute Gasteiger partial charge is 0.174 e. The molecule has 0 aliphatic heterocycles. The summed E-state index contributed by atoms with van der Waals surface area (Å²) in [5.41, 5.74) is 0. The fourth-order valence-electron chi connectivity index (χ4n) is 0.728. The molecule has 0 rings (SSSR count). The van der Waals surface area contributed by atoms with Crippen molar-refractivity contribution in [3.05, 3.63) is 0 Å². The molecule has 0 aliphatic rings. The zero-order valence-corrected chi connectivity index (χ0v) is 16.4. The van der Waals surface area contributed by atoms with Crippen molar-refractivity contribution in [3.63, 3.8) is 0 Å². The van der Waals surface area contributed by atoms with Crippen molar-refractivity contribution in [2.24, 2.45) is 0 Å². The van der Waals surface area contributed by atoms with Crippen LogP contribution >= 0.6 is 0 Å². The van der Waals surface area contributed by atoms with Crippen molar-refractivity contribution in [2.75, 3.05) is 35.7 Å². The lowest BCUT2D eigenvalue weighted by molar-refractivity contribution is 0.358. The maximum Gasteiger partial charge on any atom is 0.174 e. The molecule has 13 heteroatoms. The van der Waals surface area contributed by atoms with Crippen molar-refractivity contribution in [1.29, 1.82) is 15.8 Å². The highest BCUT2D eigenvalue weighted by Crippen LogP contribution is 1.89. The summed E-state index contributed by atoms with van der Waals surface area (Å²) >= 11 is 0. The largest absolute Gasteiger partial charge is 0.380 e. The molecule has 0 aromatic rings. The zero-order valence-electron chi connectivity index (χ0n) is 13.9. The van der Waals surface area contributed by atoms with Crippen LogP contribution in [0.4, 0.5) is 0 Å². The Morgan fingerprint density at radius 2 is 0.960 bits per heavy atom. The number of hydrogen-bond acceptors (Lipinski definition) is 10. The summed E-state index contributed by atoms with van der Waals surface area (Å²) in [7, 11) is -9.17. The van der Waals surface area contributed by atoms with Gasteiger partial charge in [0.1, 0.15) is 25.6 Å². The third-order valence-corrected chi connectivity index (χ3v) is 5.00. The molecule has 0 aromatic heterocycles. The van der Waals surface area contributed by atoms with Crippen LogP contribution in [0, 0.1) is 34.0 Å². The molecule has 0 fully saturated rings. The van der Waals surface area contributed by atoms with Crippen LogP contribution in [0.25, 0.3) is 0 Å². The van der Waals surface area contributed by atoms with Crippen LogP contribution in [-0.2, 0) is 29.5 Å². The van der Waals surface area contributed by atoms with Crippen molar-refractivity contribution < 1.29 is 30.4 Å². The van der Waals surface area contributed by atoms with Crippen LogP contribution in [-0.4, -0.2) is 66.1 Å². The Balaban J connectivity index is -0.000000291. The molecular formula is C12H21N3O7S3. The standard InChI is InChI=1S/C4H7NO3S.2C4H7NO2S/c5-2-1-3-9(7,8)4-6;2*1-8(6,7)4-2-3-5/h6H,1,3-4H2;2*2,4H2,1H3. The van der Waals surface area contributed by atoms with Crippen molar-refractivity contribution in [2.45, 2.75) is 19.3 Å². The lowest BCUT2D eigenvalue weighted by Crippen LogP contribution is -2.09. The second-order valence-corrected chi connectivity index (χ2v) is 11.2. The molecule has 0 bridgehead atoms. The van der Waals surface area contributed by atoms with Gasteiger partial charge < -0.3 is 5.11 Å². The van der Waals surface area contributed by atoms with E-state index in [-0.39, 0.29) is 36.5 Å². The highest BCUT2D eigenvalue weighted by Gasteiger charge is 2.06. The Hall–Kier alpha value is -1.72. The van der Waals surface area contributed by atoms with Gasteiger partial charge in [0.15, 0.2) is 9.84 Å². The Morgan fingerprint density at radius 1 is 0.680 bits per heavy atom. The van der Waals surface area contributed by atoms with E-state index in [0.717, 1.165) is 12.5 Å². The minimum Gasteiger partial charge on any atom is -0.380 e. The van der Waals surface area contributed by atoms with Gasteiger partial charge >= 0.3 is 0 Å². The second-order valence-electron chi connectivity index (χ2n) is 4.56. The van der Waals surface area contributed by atoms with E-state index in [1.54, 1.807) is 18.2 Å². The van der Waals surface area contributed by atoms with E-state index in [1.165, 1.54) is 0 Å². The number of hydrogen-bond donors (Lipinski definition) is 1. The third kappa shape index (κ3) is 34.6. The van der Waals surface area contributed by atoms with Crippen LogP contribution < -0.4 is 0 Å². The molecule has 0 amide bonds. The Morgan fingerprint density at radius 3 is 1.12 bits per heavy atom. The van der Waals surface area contributed by atoms with Crippen molar-refractivity contribution in [1.82, 2.24) is 0 Å². The van der Waals surface area contributed by atoms with Crippen LogP contribution in [0.1, 0.15) is 19.3 Å². The molecule has 0 radical (unpaired) electrons. The maximum absolute atomic E-state index is 10.4. The molecule has 0 spiro atoms. The molecule has 0 unspecified atom stereocenters. The van der Waals surface area contributed by atoms with E-state index in [1.807, 2.05) is 0 Å². The minimum absolute atomic E-state index is 0.0243. The normalized spacial score (nSPS) is 10.6. The molecule has 0 aromatic carbocycles. The fraction of sp³-hybridized carbons (Fsp3) is 0.750. The van der Waals surface area contributed by atoms with Gasteiger partial charge in [-0.2, -0.15) is 15.8 Å². The van der Waals surface area contributed by atoms with E-state index in [4.69, 9.17) is 20.9 Å². The van der Waals surface area contributed by atoms with Crippen molar-refractivity contribution >= 4 is 29.5 Å². The molecule has 0 saturated heterocycles. The lowest BCUT2D eigenvalue weighted by atomic mass is 10.6. The highest BCUT2D eigenvalue weighted by atomic mass is 32.2. The number of nitriles is 3. The molecule has 144 valence electrons. The first kappa shape index (κ1) is 28.1. The second kappa shape index (κ2) is 14.6. The summed E-state index contributed by atoms with van der Waals surface area (Å²) in [4.78, 5) is 0. The lowest BCUT2D eigenvalue weighted by Gasteiger charge is -1.91. The first-order valence-corrected chi connectivity index (χ1v) is 12.5. The third-order valence-electron chi connectivity index (χ3n) is 1.89. The number of rotatable bonds is 7. The SMILES string of the molecule is CS(=O)(=O)CCC#N.CS(=O)(=O)CCC#N.N#CCCS(=O)(=O)CO. The Kier molecular flexibility index (Phi) is 16.4. The average Bonchev–Trinajstić information content (AvgIpc) is 2.49. The van der Waals surface area contributed by atoms with Gasteiger partial charge in [0, 0.05) is 31.8 Å².